The van der Waals surface area contributed by atoms with Crippen molar-refractivity contribution in [3.05, 3.63) is 83.2 Å². The molecule has 1 aliphatic carbocycles. The monoisotopic (exact) mass is 481 g/mol. The topological polar surface area (TPSA) is 91.9 Å². The number of pyridine rings is 1. The van der Waals surface area contributed by atoms with Crippen LogP contribution in [0.15, 0.2) is 54.9 Å². The molecule has 0 aliphatic heterocycles. The second-order valence-corrected chi connectivity index (χ2v) is 10.4. The number of aromatic nitrogens is 2. The number of aryl methyl sites for hydroxylation is 1. The molecule has 4 aromatic rings. The van der Waals surface area contributed by atoms with Gasteiger partial charge in [-0.1, -0.05) is 29.8 Å². The molecule has 0 spiro atoms. The Morgan fingerprint density at radius 3 is 2.56 bits per heavy atom. The minimum atomic E-state index is -3.82. The van der Waals surface area contributed by atoms with Gasteiger partial charge in [-0.15, -0.1) is 0 Å². The average Bonchev–Trinajstić information content (AvgIpc) is 3.49. The first kappa shape index (κ1) is 22.2. The van der Waals surface area contributed by atoms with E-state index in [0.717, 1.165) is 41.7 Å². The number of fused-ring (bicyclic) bond motifs is 1. The van der Waals surface area contributed by atoms with Crippen molar-refractivity contribution in [1.29, 1.82) is 0 Å². The first-order valence-electron chi connectivity index (χ1n) is 10.8. The fraction of sp³-hybridized carbons (Fsp3) is 0.200. The van der Waals surface area contributed by atoms with Gasteiger partial charge in [0.15, 0.2) is 5.82 Å². The molecule has 6 nitrogen and oxygen atoms in total. The highest BCUT2D eigenvalue weighted by molar-refractivity contribution is 7.92. The summed E-state index contributed by atoms with van der Waals surface area (Å²) in [6.45, 7) is 1.97. The fourth-order valence-electron chi connectivity index (χ4n) is 3.87. The van der Waals surface area contributed by atoms with Gasteiger partial charge >= 0.3 is 0 Å². The Morgan fingerprint density at radius 1 is 1.12 bits per heavy atom. The van der Waals surface area contributed by atoms with Gasteiger partial charge in [0.2, 0.25) is 15.8 Å². The van der Waals surface area contributed by atoms with Crippen LogP contribution in [0.1, 0.15) is 34.3 Å². The summed E-state index contributed by atoms with van der Waals surface area (Å²) in [6.07, 6.45) is 4.60. The molecule has 0 amide bonds. The van der Waals surface area contributed by atoms with Crippen LogP contribution in [0, 0.1) is 24.5 Å². The molecule has 2 N–H and O–H groups in total. The molecule has 0 bridgehead atoms. The van der Waals surface area contributed by atoms with Crippen molar-refractivity contribution in [2.24, 2.45) is 5.92 Å². The number of sulfonamides is 1. The van der Waals surface area contributed by atoms with E-state index in [1.165, 1.54) is 6.20 Å². The molecule has 2 heterocycles. The molecule has 5 rings (SSSR count). The van der Waals surface area contributed by atoms with E-state index in [2.05, 4.69) is 14.7 Å². The summed E-state index contributed by atoms with van der Waals surface area (Å²) in [6, 6.07) is 11.3. The number of nitrogens with zero attached hydrogens (tertiary/aromatic N) is 1. The fourth-order valence-corrected chi connectivity index (χ4v) is 5.40. The zero-order chi connectivity index (χ0) is 24.0. The largest absolute Gasteiger partial charge is 0.345 e. The number of hydrogen-bond donors (Lipinski definition) is 2. The SMILES string of the molecule is Cc1ccc(-c2cnc3[nH]cc(C(=O)c4c(F)ccc(NS(=O)(=O)CC5CC5)c4F)c3c2)cc1. The Balaban J connectivity index is 1.53. The van der Waals surface area contributed by atoms with Crippen LogP contribution >= 0.6 is 0 Å². The highest BCUT2D eigenvalue weighted by Gasteiger charge is 2.30. The maximum Gasteiger partial charge on any atom is 0.233 e. The van der Waals surface area contributed by atoms with E-state index >= 15 is 4.39 Å². The molecule has 1 aliphatic rings. The van der Waals surface area contributed by atoms with E-state index < -0.39 is 38.7 Å². The van der Waals surface area contributed by atoms with Crippen LogP contribution in [0.5, 0.6) is 0 Å². The van der Waals surface area contributed by atoms with Gasteiger partial charge in [-0.25, -0.2) is 22.2 Å². The van der Waals surface area contributed by atoms with Gasteiger partial charge in [-0.05, 0) is 49.4 Å². The Bertz CT molecular complexity index is 1530. The van der Waals surface area contributed by atoms with Crippen molar-refractivity contribution in [3.63, 3.8) is 0 Å². The van der Waals surface area contributed by atoms with E-state index in [-0.39, 0.29) is 17.2 Å². The molecule has 9 heteroatoms. The first-order valence-corrected chi connectivity index (χ1v) is 12.4. The Hall–Kier alpha value is -3.59. The Labute approximate surface area is 195 Å². The summed E-state index contributed by atoms with van der Waals surface area (Å²) in [5.74, 6) is -3.33. The van der Waals surface area contributed by atoms with Gasteiger partial charge in [-0.3, -0.25) is 9.52 Å². The molecule has 1 fully saturated rings. The van der Waals surface area contributed by atoms with Crippen LogP contribution in [-0.4, -0.2) is 29.9 Å². The third kappa shape index (κ3) is 4.31. The summed E-state index contributed by atoms with van der Waals surface area (Å²) >= 11 is 0. The number of ketones is 1. The average molecular weight is 482 g/mol. The number of benzene rings is 2. The number of carbonyl (C=O) groups excluding carboxylic acids is 1. The highest BCUT2D eigenvalue weighted by Crippen LogP contribution is 2.32. The van der Waals surface area contributed by atoms with E-state index in [1.807, 2.05) is 31.2 Å². The normalized spacial score (nSPS) is 13.9. The van der Waals surface area contributed by atoms with Crippen LogP contribution in [0.4, 0.5) is 14.5 Å². The molecule has 2 aromatic heterocycles. The summed E-state index contributed by atoms with van der Waals surface area (Å²) in [5.41, 5.74) is 1.85. The van der Waals surface area contributed by atoms with E-state index in [0.29, 0.717) is 11.0 Å². The molecule has 0 unspecified atom stereocenters. The smallest absolute Gasteiger partial charge is 0.233 e. The van der Waals surface area contributed by atoms with Crippen LogP contribution < -0.4 is 4.72 Å². The maximum absolute atomic E-state index is 15.2. The van der Waals surface area contributed by atoms with Crippen LogP contribution in [0.25, 0.3) is 22.2 Å². The quantitative estimate of drug-likeness (QED) is 0.355. The third-order valence-electron chi connectivity index (χ3n) is 5.90. The maximum atomic E-state index is 15.2. The number of carbonyl (C=O) groups is 1. The zero-order valence-electron chi connectivity index (χ0n) is 18.2. The number of anilines is 1. The number of nitrogens with one attached hydrogen (secondary N) is 2. The molecule has 0 saturated heterocycles. The zero-order valence-corrected chi connectivity index (χ0v) is 19.0. The number of H-pyrrole nitrogens is 1. The molecular weight excluding hydrogens is 460 g/mol. The Morgan fingerprint density at radius 2 is 1.85 bits per heavy atom. The lowest BCUT2D eigenvalue weighted by molar-refractivity contribution is 0.103. The molecule has 34 heavy (non-hydrogen) atoms. The lowest BCUT2D eigenvalue weighted by Crippen LogP contribution is -2.20. The standard InChI is InChI=1S/C25H21F2N3O3S/c1-14-2-6-16(7-3-14)17-10-18-19(12-29-25(18)28-11-17)24(31)22-20(26)8-9-21(23(22)27)30-34(32,33)13-15-4-5-15/h2-3,6-12,15,30H,4-5,13H2,1H3,(H,28,29). The summed E-state index contributed by atoms with van der Waals surface area (Å²) in [4.78, 5) is 20.4. The number of aromatic amines is 1. The van der Waals surface area contributed by atoms with Crippen molar-refractivity contribution in [2.75, 3.05) is 10.5 Å². The third-order valence-corrected chi connectivity index (χ3v) is 7.34. The number of rotatable bonds is 7. The van der Waals surface area contributed by atoms with Crippen LogP contribution in [0.2, 0.25) is 0 Å². The molecule has 0 radical (unpaired) electrons. The van der Waals surface area contributed by atoms with Crippen LogP contribution in [0.3, 0.4) is 0 Å². The minimum absolute atomic E-state index is 0.0345. The van der Waals surface area contributed by atoms with Crippen molar-refractivity contribution < 1.29 is 22.0 Å². The van der Waals surface area contributed by atoms with Crippen molar-refractivity contribution >= 4 is 32.5 Å². The lowest BCUT2D eigenvalue weighted by atomic mass is 9.99. The predicted octanol–water partition coefficient (Wildman–Crippen LogP) is 5.20. The molecule has 174 valence electrons. The van der Waals surface area contributed by atoms with E-state index in [4.69, 9.17) is 0 Å². The number of halogens is 2. The lowest BCUT2D eigenvalue weighted by Gasteiger charge is -2.11. The van der Waals surface area contributed by atoms with Gasteiger partial charge in [0.1, 0.15) is 11.5 Å². The van der Waals surface area contributed by atoms with Gasteiger partial charge in [0, 0.05) is 28.9 Å². The molecule has 0 atom stereocenters. The second-order valence-electron chi connectivity index (χ2n) is 8.63. The van der Waals surface area contributed by atoms with Gasteiger partial charge in [-0.2, -0.15) is 0 Å². The van der Waals surface area contributed by atoms with E-state index in [9.17, 15) is 17.6 Å². The summed E-state index contributed by atoms with van der Waals surface area (Å²) < 4.78 is 56.6. The number of hydrogen-bond acceptors (Lipinski definition) is 4. The predicted molar refractivity (Wildman–Crippen MR) is 126 cm³/mol. The van der Waals surface area contributed by atoms with Crippen molar-refractivity contribution in [2.45, 2.75) is 19.8 Å². The van der Waals surface area contributed by atoms with Gasteiger partial charge in [0.25, 0.3) is 0 Å². The second kappa shape index (κ2) is 8.32. The van der Waals surface area contributed by atoms with Crippen molar-refractivity contribution in [3.8, 4) is 11.1 Å². The molecular formula is C25H21F2N3O3S. The molecule has 2 aromatic carbocycles. The van der Waals surface area contributed by atoms with E-state index in [1.54, 1.807) is 12.3 Å². The first-order chi connectivity index (χ1) is 16.2. The summed E-state index contributed by atoms with van der Waals surface area (Å²) in [5, 5.41) is 0.404. The van der Waals surface area contributed by atoms with Crippen molar-refractivity contribution in [1.82, 2.24) is 9.97 Å². The summed E-state index contributed by atoms with van der Waals surface area (Å²) in [7, 11) is -3.82. The highest BCUT2D eigenvalue weighted by atomic mass is 32.2. The van der Waals surface area contributed by atoms with Gasteiger partial charge < -0.3 is 4.98 Å². The minimum Gasteiger partial charge on any atom is -0.345 e. The van der Waals surface area contributed by atoms with Crippen LogP contribution in [-0.2, 0) is 10.0 Å². The Kier molecular flexibility index (Phi) is 5.44. The molecule has 1 saturated carbocycles. The van der Waals surface area contributed by atoms with Gasteiger partial charge in [0.05, 0.1) is 17.0 Å².